The minimum atomic E-state index is -0.336. The number of halogens is 1. The molecule has 0 aliphatic heterocycles. The molecule has 3 heterocycles. The number of anilines is 2. The standard InChI is InChI=1S/C23H22ClN5O2S/c1-12(2)29-22-17(11-25-29)16(10-20(27-22)21-8-5-13(3)32-21)23(31)28-19-9-15(26-14(4)30)6-7-18(19)24/h5-12H,1-4H3,(H,26,30)(H,28,31). The highest BCUT2D eigenvalue weighted by Gasteiger charge is 2.20. The molecule has 7 nitrogen and oxygen atoms in total. The Bertz CT molecular complexity index is 1340. The lowest BCUT2D eigenvalue weighted by Gasteiger charge is -2.12. The summed E-state index contributed by atoms with van der Waals surface area (Å²) in [6.07, 6.45) is 1.66. The number of nitrogens with zero attached hydrogens (tertiary/aromatic N) is 3. The first kappa shape index (κ1) is 22.0. The molecule has 2 N–H and O–H groups in total. The number of thiophene rings is 1. The molecule has 0 unspecified atom stereocenters. The third-order valence-corrected chi connectivity index (χ3v) is 6.18. The van der Waals surface area contributed by atoms with Crippen molar-refractivity contribution in [2.45, 2.75) is 33.7 Å². The number of carbonyl (C=O) groups is 2. The van der Waals surface area contributed by atoms with Crippen LogP contribution >= 0.6 is 22.9 Å². The van der Waals surface area contributed by atoms with Crippen LogP contribution in [0.1, 0.15) is 42.0 Å². The molecule has 3 aromatic heterocycles. The van der Waals surface area contributed by atoms with Gasteiger partial charge in [-0.1, -0.05) is 11.6 Å². The smallest absolute Gasteiger partial charge is 0.256 e. The zero-order chi connectivity index (χ0) is 23.0. The van der Waals surface area contributed by atoms with Crippen LogP contribution in [0.25, 0.3) is 21.6 Å². The maximum absolute atomic E-state index is 13.4. The molecule has 0 fully saturated rings. The molecule has 0 saturated carbocycles. The largest absolute Gasteiger partial charge is 0.326 e. The van der Waals surface area contributed by atoms with Crippen molar-refractivity contribution in [2.24, 2.45) is 0 Å². The van der Waals surface area contributed by atoms with Crippen molar-refractivity contribution in [1.82, 2.24) is 14.8 Å². The first-order valence-electron chi connectivity index (χ1n) is 10.1. The summed E-state index contributed by atoms with van der Waals surface area (Å²) in [4.78, 5) is 31.7. The minimum absolute atomic E-state index is 0.0833. The van der Waals surface area contributed by atoms with Crippen LogP contribution in [-0.2, 0) is 4.79 Å². The van der Waals surface area contributed by atoms with E-state index in [9.17, 15) is 9.59 Å². The fourth-order valence-electron chi connectivity index (χ4n) is 3.37. The van der Waals surface area contributed by atoms with Gasteiger partial charge in [0.05, 0.1) is 38.4 Å². The van der Waals surface area contributed by atoms with E-state index in [2.05, 4.69) is 15.7 Å². The molecule has 0 bridgehead atoms. The van der Waals surface area contributed by atoms with E-state index in [0.29, 0.717) is 38.7 Å². The molecule has 4 rings (SSSR count). The van der Waals surface area contributed by atoms with Crippen LogP contribution in [0, 0.1) is 6.92 Å². The molecule has 4 aromatic rings. The van der Waals surface area contributed by atoms with Crippen molar-refractivity contribution in [3.63, 3.8) is 0 Å². The number of nitrogens with one attached hydrogen (secondary N) is 2. The van der Waals surface area contributed by atoms with Gasteiger partial charge in [-0.05, 0) is 57.2 Å². The Balaban J connectivity index is 1.79. The van der Waals surface area contributed by atoms with Crippen molar-refractivity contribution in [3.8, 4) is 10.6 Å². The fraction of sp³-hybridized carbons (Fsp3) is 0.217. The Morgan fingerprint density at radius 2 is 1.91 bits per heavy atom. The fourth-order valence-corrected chi connectivity index (χ4v) is 4.37. The van der Waals surface area contributed by atoms with Gasteiger partial charge in [0.1, 0.15) is 0 Å². The van der Waals surface area contributed by atoms with E-state index < -0.39 is 0 Å². The van der Waals surface area contributed by atoms with Crippen LogP contribution in [0.4, 0.5) is 11.4 Å². The van der Waals surface area contributed by atoms with Crippen molar-refractivity contribution >= 4 is 57.2 Å². The minimum Gasteiger partial charge on any atom is -0.326 e. The number of carbonyl (C=O) groups excluding carboxylic acids is 2. The Morgan fingerprint density at radius 3 is 2.56 bits per heavy atom. The number of amides is 2. The second-order valence-electron chi connectivity index (χ2n) is 7.72. The third-order valence-electron chi connectivity index (χ3n) is 4.83. The van der Waals surface area contributed by atoms with Crippen molar-refractivity contribution in [2.75, 3.05) is 10.6 Å². The topological polar surface area (TPSA) is 88.9 Å². The van der Waals surface area contributed by atoms with Crippen LogP contribution < -0.4 is 10.6 Å². The summed E-state index contributed by atoms with van der Waals surface area (Å²) in [6.45, 7) is 7.48. The second kappa shape index (κ2) is 8.72. The van der Waals surface area contributed by atoms with Crippen LogP contribution in [-0.4, -0.2) is 26.6 Å². The van der Waals surface area contributed by atoms with Gasteiger partial charge in [-0.2, -0.15) is 5.10 Å². The zero-order valence-corrected chi connectivity index (χ0v) is 19.6. The number of hydrogen-bond acceptors (Lipinski definition) is 5. The van der Waals surface area contributed by atoms with E-state index in [1.54, 1.807) is 46.5 Å². The number of fused-ring (bicyclic) bond motifs is 1. The molecule has 0 radical (unpaired) electrons. The molecule has 0 saturated heterocycles. The molecule has 2 amide bonds. The summed E-state index contributed by atoms with van der Waals surface area (Å²) >= 11 is 7.92. The molecule has 32 heavy (non-hydrogen) atoms. The maximum atomic E-state index is 13.4. The Hall–Kier alpha value is -3.23. The number of rotatable bonds is 5. The molecule has 0 aliphatic carbocycles. The molecule has 1 aromatic carbocycles. The Morgan fingerprint density at radius 1 is 1.12 bits per heavy atom. The summed E-state index contributed by atoms with van der Waals surface area (Å²) in [5.74, 6) is -0.547. The van der Waals surface area contributed by atoms with Crippen molar-refractivity contribution < 1.29 is 9.59 Å². The maximum Gasteiger partial charge on any atom is 0.256 e. The van der Waals surface area contributed by atoms with E-state index in [1.807, 2.05) is 32.9 Å². The normalized spacial score (nSPS) is 11.2. The van der Waals surface area contributed by atoms with E-state index in [-0.39, 0.29) is 17.9 Å². The van der Waals surface area contributed by atoms with Crippen molar-refractivity contribution in [1.29, 1.82) is 0 Å². The van der Waals surface area contributed by atoms with Crippen LogP contribution in [0.3, 0.4) is 0 Å². The predicted molar refractivity (Wildman–Crippen MR) is 130 cm³/mol. The molecule has 0 atom stereocenters. The average Bonchev–Trinajstić information content (AvgIpc) is 3.35. The molecule has 9 heteroatoms. The third kappa shape index (κ3) is 4.37. The predicted octanol–water partition coefficient (Wildman–Crippen LogP) is 5.91. The lowest BCUT2D eigenvalue weighted by atomic mass is 10.1. The number of benzene rings is 1. The van der Waals surface area contributed by atoms with Gasteiger partial charge in [-0.15, -0.1) is 11.3 Å². The summed E-state index contributed by atoms with van der Waals surface area (Å²) < 4.78 is 1.81. The van der Waals surface area contributed by atoms with Gasteiger partial charge in [0.15, 0.2) is 5.65 Å². The van der Waals surface area contributed by atoms with Gasteiger partial charge in [-0.3, -0.25) is 9.59 Å². The molecule has 164 valence electrons. The monoisotopic (exact) mass is 467 g/mol. The summed E-state index contributed by atoms with van der Waals surface area (Å²) in [7, 11) is 0. The lowest BCUT2D eigenvalue weighted by molar-refractivity contribution is -0.114. The molecular formula is C23H22ClN5O2S. The zero-order valence-electron chi connectivity index (χ0n) is 18.1. The highest BCUT2D eigenvalue weighted by molar-refractivity contribution is 7.15. The Labute approximate surface area is 194 Å². The number of hydrogen-bond donors (Lipinski definition) is 2. The highest BCUT2D eigenvalue weighted by atomic mass is 35.5. The van der Waals surface area contributed by atoms with E-state index in [0.717, 1.165) is 9.75 Å². The summed E-state index contributed by atoms with van der Waals surface area (Å²) in [5.41, 5.74) is 2.74. The number of aromatic nitrogens is 3. The average molecular weight is 468 g/mol. The van der Waals surface area contributed by atoms with Crippen LogP contribution in [0.5, 0.6) is 0 Å². The first-order chi connectivity index (χ1) is 15.2. The first-order valence-corrected chi connectivity index (χ1v) is 11.3. The quantitative estimate of drug-likeness (QED) is 0.381. The molecular weight excluding hydrogens is 446 g/mol. The second-order valence-corrected chi connectivity index (χ2v) is 9.41. The molecule has 0 spiro atoms. The highest BCUT2D eigenvalue weighted by Crippen LogP contribution is 2.32. The van der Waals surface area contributed by atoms with E-state index in [4.69, 9.17) is 16.6 Å². The van der Waals surface area contributed by atoms with E-state index >= 15 is 0 Å². The van der Waals surface area contributed by atoms with Gasteiger partial charge in [0, 0.05) is 23.5 Å². The SMILES string of the molecule is CC(=O)Nc1ccc(Cl)c(NC(=O)c2cc(-c3ccc(C)s3)nc3c2cnn3C(C)C)c1. The van der Waals surface area contributed by atoms with Gasteiger partial charge < -0.3 is 10.6 Å². The number of aryl methyl sites for hydroxylation is 1. The van der Waals surface area contributed by atoms with Gasteiger partial charge in [0.25, 0.3) is 5.91 Å². The van der Waals surface area contributed by atoms with Crippen molar-refractivity contribution in [3.05, 3.63) is 58.1 Å². The lowest BCUT2D eigenvalue weighted by Crippen LogP contribution is -2.14. The summed E-state index contributed by atoms with van der Waals surface area (Å²) in [6, 6.07) is 10.8. The van der Waals surface area contributed by atoms with Crippen LogP contribution in [0.15, 0.2) is 42.6 Å². The molecule has 0 aliphatic rings. The number of pyridine rings is 1. The van der Waals surface area contributed by atoms with Gasteiger partial charge >= 0.3 is 0 Å². The van der Waals surface area contributed by atoms with Crippen LogP contribution in [0.2, 0.25) is 5.02 Å². The van der Waals surface area contributed by atoms with Gasteiger partial charge in [-0.25, -0.2) is 9.67 Å². The Kier molecular flexibility index (Phi) is 5.99. The van der Waals surface area contributed by atoms with E-state index in [1.165, 1.54) is 6.92 Å². The van der Waals surface area contributed by atoms with Gasteiger partial charge in [0.2, 0.25) is 5.91 Å². The summed E-state index contributed by atoms with van der Waals surface area (Å²) in [5, 5.41) is 11.0.